The highest BCUT2D eigenvalue weighted by atomic mass is 35.5. The second-order valence-corrected chi connectivity index (χ2v) is 11.1. The number of hydrogen-bond acceptors (Lipinski definition) is 7. The molecule has 3 heterocycles. The molecule has 2 aromatic heterocycles. The molecule has 0 radical (unpaired) electrons. The van der Waals surface area contributed by atoms with Gasteiger partial charge in [-0.25, -0.2) is 8.42 Å². The summed E-state index contributed by atoms with van der Waals surface area (Å²) in [6.45, 7) is 2.14. The van der Waals surface area contributed by atoms with Gasteiger partial charge in [0.15, 0.2) is 0 Å². The van der Waals surface area contributed by atoms with Crippen LogP contribution in [0.1, 0.15) is 31.1 Å². The van der Waals surface area contributed by atoms with Crippen LogP contribution in [0.5, 0.6) is 0 Å². The number of hydrogen-bond donors (Lipinski definition) is 0. The first-order chi connectivity index (χ1) is 14.5. The van der Waals surface area contributed by atoms with Crippen LogP contribution in [0, 0.1) is 0 Å². The van der Waals surface area contributed by atoms with Crippen molar-refractivity contribution in [3.05, 3.63) is 46.6 Å². The van der Waals surface area contributed by atoms with Gasteiger partial charge < -0.3 is 9.42 Å². The van der Waals surface area contributed by atoms with Crippen LogP contribution >= 0.6 is 22.9 Å². The van der Waals surface area contributed by atoms with Crippen molar-refractivity contribution in [3.63, 3.8) is 0 Å². The van der Waals surface area contributed by atoms with Gasteiger partial charge in [-0.05, 0) is 43.2 Å². The zero-order valence-electron chi connectivity index (χ0n) is 16.2. The lowest BCUT2D eigenvalue weighted by molar-refractivity contribution is 0.292. The van der Waals surface area contributed by atoms with E-state index in [1.165, 1.54) is 17.8 Å². The molecule has 7 nitrogen and oxygen atoms in total. The Hall–Kier alpha value is -1.94. The minimum absolute atomic E-state index is 0.312. The molecule has 2 aliphatic rings. The van der Waals surface area contributed by atoms with E-state index in [9.17, 15) is 8.42 Å². The average Bonchev–Trinajstić information content (AvgIpc) is 3.37. The van der Waals surface area contributed by atoms with Crippen LogP contribution in [0.15, 0.2) is 44.4 Å². The number of rotatable bonds is 5. The predicted octanol–water partition coefficient (Wildman–Crippen LogP) is 4.23. The van der Waals surface area contributed by atoms with E-state index in [2.05, 4.69) is 15.0 Å². The fourth-order valence-electron chi connectivity index (χ4n) is 3.71. The van der Waals surface area contributed by atoms with Gasteiger partial charge >= 0.3 is 0 Å². The standard InChI is InChI=1S/C20H21ClN4O3S2/c21-16-4-6-17(7-5-16)24-8-10-25(11-9-24)30(26,27)18-12-15(13-29-18)19-22-20(28-23-19)14-2-1-3-14/h4-7,12-14H,1-3,8-11H2. The molecule has 158 valence electrons. The molecular formula is C20H21ClN4O3S2. The fraction of sp³-hybridized carbons (Fsp3) is 0.400. The number of piperazine rings is 1. The third-order valence-electron chi connectivity index (χ3n) is 5.75. The minimum atomic E-state index is -3.55. The van der Waals surface area contributed by atoms with Gasteiger partial charge in [0.2, 0.25) is 11.7 Å². The van der Waals surface area contributed by atoms with E-state index in [0.717, 1.165) is 18.5 Å². The molecule has 1 saturated heterocycles. The summed E-state index contributed by atoms with van der Waals surface area (Å²) >= 11 is 7.16. The summed E-state index contributed by atoms with van der Waals surface area (Å²) in [5.41, 5.74) is 1.74. The highest BCUT2D eigenvalue weighted by Crippen LogP contribution is 2.37. The molecular weight excluding hydrogens is 444 g/mol. The molecule has 0 spiro atoms. The first kappa shape index (κ1) is 20.0. The third kappa shape index (κ3) is 3.75. The Morgan fingerprint density at radius 2 is 1.83 bits per heavy atom. The summed E-state index contributed by atoms with van der Waals surface area (Å²) in [7, 11) is -3.55. The van der Waals surface area contributed by atoms with E-state index in [0.29, 0.717) is 58.6 Å². The lowest BCUT2D eigenvalue weighted by Crippen LogP contribution is -2.48. The van der Waals surface area contributed by atoms with Crippen LogP contribution < -0.4 is 4.90 Å². The maximum absolute atomic E-state index is 13.1. The SMILES string of the molecule is O=S(=O)(c1cc(-c2noc(C3CCC3)n2)cs1)N1CCN(c2ccc(Cl)cc2)CC1. The zero-order valence-corrected chi connectivity index (χ0v) is 18.6. The minimum Gasteiger partial charge on any atom is -0.369 e. The fourth-order valence-corrected chi connectivity index (χ4v) is 6.57. The molecule has 1 aromatic carbocycles. The molecule has 10 heteroatoms. The number of aromatic nitrogens is 2. The summed E-state index contributed by atoms with van der Waals surface area (Å²) in [5.74, 6) is 1.47. The second kappa shape index (κ2) is 7.96. The van der Waals surface area contributed by atoms with Gasteiger partial charge in [0.05, 0.1) is 0 Å². The topological polar surface area (TPSA) is 79.5 Å². The Kier molecular flexibility index (Phi) is 5.30. The van der Waals surface area contributed by atoms with Crippen molar-refractivity contribution >= 4 is 38.6 Å². The summed E-state index contributed by atoms with van der Waals surface area (Å²) in [5, 5.41) is 6.52. The van der Waals surface area contributed by atoms with Gasteiger partial charge in [0.25, 0.3) is 10.0 Å². The van der Waals surface area contributed by atoms with E-state index in [1.807, 2.05) is 24.3 Å². The highest BCUT2D eigenvalue weighted by molar-refractivity contribution is 7.91. The maximum Gasteiger partial charge on any atom is 0.252 e. The molecule has 0 amide bonds. The van der Waals surface area contributed by atoms with E-state index in [1.54, 1.807) is 15.8 Å². The molecule has 5 rings (SSSR count). The van der Waals surface area contributed by atoms with Crippen LogP contribution in [-0.4, -0.2) is 49.0 Å². The number of thiophene rings is 1. The average molecular weight is 465 g/mol. The van der Waals surface area contributed by atoms with Crippen molar-refractivity contribution in [3.8, 4) is 11.4 Å². The summed E-state index contributed by atoms with van der Waals surface area (Å²) in [6.07, 6.45) is 3.34. The van der Waals surface area contributed by atoms with Crippen molar-refractivity contribution < 1.29 is 12.9 Å². The van der Waals surface area contributed by atoms with Crippen LogP contribution in [0.25, 0.3) is 11.4 Å². The molecule has 2 fully saturated rings. The quantitative estimate of drug-likeness (QED) is 0.562. The molecule has 0 bridgehead atoms. The number of anilines is 1. The van der Waals surface area contributed by atoms with Gasteiger partial charge in [-0.2, -0.15) is 9.29 Å². The molecule has 1 saturated carbocycles. The number of halogens is 1. The molecule has 1 aliphatic heterocycles. The van der Waals surface area contributed by atoms with E-state index >= 15 is 0 Å². The van der Waals surface area contributed by atoms with Crippen LogP contribution in [0.2, 0.25) is 5.02 Å². The van der Waals surface area contributed by atoms with E-state index in [4.69, 9.17) is 16.1 Å². The zero-order chi connectivity index (χ0) is 20.7. The van der Waals surface area contributed by atoms with E-state index in [-0.39, 0.29) is 0 Å². The van der Waals surface area contributed by atoms with E-state index < -0.39 is 10.0 Å². The predicted molar refractivity (Wildman–Crippen MR) is 117 cm³/mol. The Bertz CT molecular complexity index is 1130. The van der Waals surface area contributed by atoms with Crippen molar-refractivity contribution in [2.75, 3.05) is 31.1 Å². The van der Waals surface area contributed by atoms with Crippen LogP contribution in [0.4, 0.5) is 5.69 Å². The van der Waals surface area contributed by atoms with Gasteiger partial charge in [-0.3, -0.25) is 0 Å². The van der Waals surface area contributed by atoms with Crippen molar-refractivity contribution in [1.29, 1.82) is 0 Å². The molecule has 0 N–H and O–H groups in total. The van der Waals surface area contributed by atoms with Gasteiger partial charge in [-0.1, -0.05) is 23.2 Å². The monoisotopic (exact) mass is 464 g/mol. The summed E-state index contributed by atoms with van der Waals surface area (Å²) < 4.78 is 33.5. The molecule has 0 unspecified atom stereocenters. The van der Waals surface area contributed by atoms with Crippen molar-refractivity contribution in [2.24, 2.45) is 0 Å². The Balaban J connectivity index is 1.28. The maximum atomic E-state index is 13.1. The highest BCUT2D eigenvalue weighted by Gasteiger charge is 2.31. The molecule has 30 heavy (non-hydrogen) atoms. The smallest absolute Gasteiger partial charge is 0.252 e. The summed E-state index contributed by atoms with van der Waals surface area (Å²) in [4.78, 5) is 6.63. The molecule has 0 atom stereocenters. The Labute approximate surface area is 184 Å². The Morgan fingerprint density at radius 1 is 1.10 bits per heavy atom. The largest absolute Gasteiger partial charge is 0.369 e. The lowest BCUT2D eigenvalue weighted by Gasteiger charge is -2.35. The first-order valence-electron chi connectivity index (χ1n) is 9.94. The lowest BCUT2D eigenvalue weighted by atomic mass is 9.85. The normalized spacial score (nSPS) is 18.5. The van der Waals surface area contributed by atoms with Crippen molar-refractivity contribution in [2.45, 2.75) is 29.4 Å². The number of benzene rings is 1. The van der Waals surface area contributed by atoms with Gasteiger partial charge in [0.1, 0.15) is 4.21 Å². The first-order valence-corrected chi connectivity index (χ1v) is 12.6. The molecule has 3 aromatic rings. The van der Waals surface area contributed by atoms with Crippen molar-refractivity contribution in [1.82, 2.24) is 14.4 Å². The van der Waals surface area contributed by atoms with Crippen LogP contribution in [0.3, 0.4) is 0 Å². The van der Waals surface area contributed by atoms with Crippen LogP contribution in [-0.2, 0) is 10.0 Å². The third-order valence-corrected chi connectivity index (χ3v) is 9.32. The number of nitrogens with zero attached hydrogens (tertiary/aromatic N) is 4. The van der Waals surface area contributed by atoms with Gasteiger partial charge in [0, 0.05) is 53.8 Å². The molecule has 1 aliphatic carbocycles. The summed E-state index contributed by atoms with van der Waals surface area (Å²) in [6, 6.07) is 9.27. The second-order valence-electron chi connectivity index (χ2n) is 7.61. The Morgan fingerprint density at radius 3 is 2.50 bits per heavy atom. The van der Waals surface area contributed by atoms with Gasteiger partial charge in [-0.15, -0.1) is 11.3 Å². The number of sulfonamides is 1.